The Bertz CT molecular complexity index is 839. The second kappa shape index (κ2) is 6.78. The molecule has 1 atom stereocenters. The van der Waals surface area contributed by atoms with Gasteiger partial charge in [-0.05, 0) is 30.3 Å². The molecule has 2 aromatic rings. The van der Waals surface area contributed by atoms with Gasteiger partial charge in [-0.1, -0.05) is 34.1 Å². The molecule has 0 saturated carbocycles. The molecule has 0 aliphatic carbocycles. The monoisotopic (exact) mass is 405 g/mol. The third-order valence-electron chi connectivity index (χ3n) is 3.56. The van der Waals surface area contributed by atoms with E-state index in [0.717, 1.165) is 21.1 Å². The van der Waals surface area contributed by atoms with Gasteiger partial charge in [0.15, 0.2) is 0 Å². The zero-order valence-electron chi connectivity index (χ0n) is 12.3. The summed E-state index contributed by atoms with van der Waals surface area (Å²) < 4.78 is 0.771. The Labute approximate surface area is 150 Å². The van der Waals surface area contributed by atoms with E-state index in [-0.39, 0.29) is 23.8 Å². The third kappa shape index (κ3) is 3.22. The molecule has 24 heavy (non-hydrogen) atoms. The largest absolute Gasteiger partial charge is 0.478 e. The summed E-state index contributed by atoms with van der Waals surface area (Å²) in [5, 5.41) is 8.61. The quantitative estimate of drug-likeness (QED) is 0.786. The van der Waals surface area contributed by atoms with Crippen LogP contribution >= 0.6 is 27.7 Å². The molecule has 0 unspecified atom stereocenters. The molecule has 7 heteroatoms. The number of hydrogen-bond donors (Lipinski definition) is 1. The molecule has 2 aromatic carbocycles. The maximum absolute atomic E-state index is 12.6. The molecule has 3 rings (SSSR count). The average Bonchev–Trinajstić information content (AvgIpc) is 2.81. The Balaban J connectivity index is 1.86. The van der Waals surface area contributed by atoms with E-state index in [1.54, 1.807) is 36.4 Å². The van der Waals surface area contributed by atoms with Crippen LogP contribution in [-0.2, 0) is 9.59 Å². The van der Waals surface area contributed by atoms with E-state index in [9.17, 15) is 19.5 Å². The lowest BCUT2D eigenvalue weighted by molar-refractivity contribution is -0.121. The molecule has 0 aromatic heterocycles. The van der Waals surface area contributed by atoms with E-state index >= 15 is 0 Å². The molecule has 0 bridgehead atoms. The molecular weight excluding hydrogens is 394 g/mol. The van der Waals surface area contributed by atoms with Gasteiger partial charge in [0, 0.05) is 15.8 Å². The number of imide groups is 1. The minimum atomic E-state index is -1.06. The summed E-state index contributed by atoms with van der Waals surface area (Å²) in [6, 6.07) is 13.4. The predicted octanol–water partition coefficient (Wildman–Crippen LogP) is 3.57. The van der Waals surface area contributed by atoms with Gasteiger partial charge < -0.3 is 5.11 Å². The van der Waals surface area contributed by atoms with Gasteiger partial charge in [-0.25, -0.2) is 9.69 Å². The van der Waals surface area contributed by atoms with Crippen molar-refractivity contribution in [1.29, 1.82) is 0 Å². The number of benzene rings is 2. The molecular formula is C17H12BrNO4S. The van der Waals surface area contributed by atoms with Crippen LogP contribution in [0.25, 0.3) is 0 Å². The highest BCUT2D eigenvalue weighted by Crippen LogP contribution is 2.36. The van der Waals surface area contributed by atoms with Crippen molar-refractivity contribution in [3.8, 4) is 0 Å². The zero-order chi connectivity index (χ0) is 17.3. The van der Waals surface area contributed by atoms with E-state index in [4.69, 9.17) is 0 Å². The van der Waals surface area contributed by atoms with Crippen molar-refractivity contribution in [2.24, 2.45) is 0 Å². The summed E-state index contributed by atoms with van der Waals surface area (Å²) in [5.74, 6) is -1.68. The Hall–Kier alpha value is -2.12. The molecule has 1 heterocycles. The molecule has 1 aliphatic rings. The van der Waals surface area contributed by atoms with Crippen LogP contribution in [0.4, 0.5) is 5.69 Å². The number of halogens is 1. The standard InChI is InChI=1S/C17H12BrNO4S/c18-10-4-3-5-11(8-10)19-15(20)9-14(16(19)21)24-13-7-2-1-6-12(13)17(22)23/h1-8,14H,9H2,(H,22,23)/t14-/m1/s1. The minimum Gasteiger partial charge on any atom is -0.478 e. The lowest BCUT2D eigenvalue weighted by Crippen LogP contribution is -2.31. The molecule has 1 saturated heterocycles. The molecule has 2 amide bonds. The molecule has 1 aliphatic heterocycles. The van der Waals surface area contributed by atoms with E-state index in [0.29, 0.717) is 10.6 Å². The number of carbonyl (C=O) groups excluding carboxylic acids is 2. The first-order chi connectivity index (χ1) is 11.5. The lowest BCUT2D eigenvalue weighted by Gasteiger charge is -2.15. The summed E-state index contributed by atoms with van der Waals surface area (Å²) in [6.07, 6.45) is 0.0456. The topological polar surface area (TPSA) is 74.7 Å². The SMILES string of the molecule is O=C(O)c1ccccc1S[C@@H]1CC(=O)N(c2cccc(Br)c2)C1=O. The van der Waals surface area contributed by atoms with Crippen LogP contribution in [0.3, 0.4) is 0 Å². The van der Waals surface area contributed by atoms with Crippen molar-refractivity contribution in [3.63, 3.8) is 0 Å². The zero-order valence-corrected chi connectivity index (χ0v) is 14.7. The van der Waals surface area contributed by atoms with Crippen molar-refractivity contribution < 1.29 is 19.5 Å². The second-order valence-corrected chi connectivity index (χ2v) is 7.32. The first kappa shape index (κ1) is 16.7. The van der Waals surface area contributed by atoms with Gasteiger partial charge in [-0.15, -0.1) is 11.8 Å². The van der Waals surface area contributed by atoms with E-state index in [1.807, 2.05) is 6.07 Å². The van der Waals surface area contributed by atoms with Crippen LogP contribution in [0.15, 0.2) is 57.9 Å². The van der Waals surface area contributed by atoms with Gasteiger partial charge in [0.2, 0.25) is 11.8 Å². The Morgan fingerprint density at radius 2 is 1.92 bits per heavy atom. The summed E-state index contributed by atoms with van der Waals surface area (Å²) >= 11 is 4.44. The number of carboxylic acid groups (broad SMARTS) is 1. The fraction of sp³-hybridized carbons (Fsp3) is 0.118. The first-order valence-corrected chi connectivity index (χ1v) is 8.76. The highest BCUT2D eigenvalue weighted by molar-refractivity contribution is 9.10. The number of aromatic carboxylic acids is 1. The predicted molar refractivity (Wildman–Crippen MR) is 94.3 cm³/mol. The molecule has 122 valence electrons. The summed E-state index contributed by atoms with van der Waals surface area (Å²) in [5.41, 5.74) is 0.637. The van der Waals surface area contributed by atoms with Crippen LogP contribution in [0, 0.1) is 0 Å². The van der Waals surface area contributed by atoms with Gasteiger partial charge in [-0.2, -0.15) is 0 Å². The molecule has 1 N–H and O–H groups in total. The number of carbonyl (C=O) groups is 3. The number of anilines is 1. The number of nitrogens with zero attached hydrogens (tertiary/aromatic N) is 1. The van der Waals surface area contributed by atoms with E-state index in [1.165, 1.54) is 6.07 Å². The fourth-order valence-electron chi connectivity index (χ4n) is 2.48. The number of carboxylic acids is 1. The van der Waals surface area contributed by atoms with Gasteiger partial charge in [0.1, 0.15) is 0 Å². The summed E-state index contributed by atoms with van der Waals surface area (Å²) in [6.45, 7) is 0. The number of rotatable bonds is 4. The van der Waals surface area contributed by atoms with Crippen LogP contribution in [0.5, 0.6) is 0 Å². The normalized spacial score (nSPS) is 17.4. The smallest absolute Gasteiger partial charge is 0.336 e. The van der Waals surface area contributed by atoms with Crippen molar-refractivity contribution >= 4 is 51.2 Å². The summed E-state index contributed by atoms with van der Waals surface area (Å²) in [7, 11) is 0. The Morgan fingerprint density at radius 1 is 1.17 bits per heavy atom. The molecule has 0 spiro atoms. The van der Waals surface area contributed by atoms with Gasteiger partial charge in [0.25, 0.3) is 0 Å². The number of thioether (sulfide) groups is 1. The van der Waals surface area contributed by atoms with Crippen LogP contribution in [0.2, 0.25) is 0 Å². The minimum absolute atomic E-state index is 0.0456. The fourth-order valence-corrected chi connectivity index (χ4v) is 4.05. The second-order valence-electron chi connectivity index (χ2n) is 5.16. The van der Waals surface area contributed by atoms with Gasteiger partial charge in [-0.3, -0.25) is 9.59 Å². The third-order valence-corrected chi connectivity index (χ3v) is 5.31. The maximum atomic E-state index is 12.6. The first-order valence-electron chi connectivity index (χ1n) is 7.08. The number of hydrogen-bond acceptors (Lipinski definition) is 4. The van der Waals surface area contributed by atoms with Crippen LogP contribution in [0.1, 0.15) is 16.8 Å². The van der Waals surface area contributed by atoms with E-state index in [2.05, 4.69) is 15.9 Å². The van der Waals surface area contributed by atoms with Crippen molar-refractivity contribution in [1.82, 2.24) is 0 Å². The highest BCUT2D eigenvalue weighted by atomic mass is 79.9. The van der Waals surface area contributed by atoms with Crippen molar-refractivity contribution in [3.05, 3.63) is 58.6 Å². The van der Waals surface area contributed by atoms with Crippen LogP contribution < -0.4 is 4.90 Å². The Kier molecular flexibility index (Phi) is 4.73. The van der Waals surface area contributed by atoms with E-state index < -0.39 is 11.2 Å². The van der Waals surface area contributed by atoms with Gasteiger partial charge in [0.05, 0.1) is 16.5 Å². The average molecular weight is 406 g/mol. The highest BCUT2D eigenvalue weighted by Gasteiger charge is 2.40. The van der Waals surface area contributed by atoms with Crippen molar-refractivity contribution in [2.75, 3.05) is 4.90 Å². The lowest BCUT2D eigenvalue weighted by atomic mass is 10.2. The number of amides is 2. The molecule has 0 radical (unpaired) electrons. The summed E-state index contributed by atoms with van der Waals surface area (Å²) in [4.78, 5) is 37.8. The van der Waals surface area contributed by atoms with Gasteiger partial charge >= 0.3 is 5.97 Å². The molecule has 5 nitrogen and oxygen atoms in total. The van der Waals surface area contributed by atoms with Crippen molar-refractivity contribution in [2.45, 2.75) is 16.6 Å². The molecule has 1 fully saturated rings. The maximum Gasteiger partial charge on any atom is 0.336 e. The Morgan fingerprint density at radius 3 is 2.62 bits per heavy atom. The van der Waals surface area contributed by atoms with Crippen LogP contribution in [-0.4, -0.2) is 28.1 Å².